The fraction of sp³-hybridized carbons (Fsp3) is 0.150. The number of rotatable bonds is 3. The van der Waals surface area contributed by atoms with E-state index >= 15 is 0 Å². The number of anilines is 5. The molecule has 1 aliphatic rings. The molecule has 0 spiro atoms. The lowest BCUT2D eigenvalue weighted by molar-refractivity contribution is -0.117. The van der Waals surface area contributed by atoms with Crippen molar-refractivity contribution in [3.05, 3.63) is 60.3 Å². The van der Waals surface area contributed by atoms with Crippen LogP contribution in [0.5, 0.6) is 0 Å². The molecular formula is C20H20N6O3S. The average Bonchev–Trinajstić information content (AvgIpc) is 2.72. The van der Waals surface area contributed by atoms with Gasteiger partial charge in [-0.25, -0.2) is 18.5 Å². The van der Waals surface area contributed by atoms with Crippen LogP contribution in [0, 0.1) is 0 Å². The Morgan fingerprint density at radius 2 is 1.70 bits per heavy atom. The first-order valence-corrected chi connectivity index (χ1v) is 10.6. The first-order chi connectivity index (χ1) is 14.2. The standard InChI is InChI=1S/C20H20N6O3S/c1-25-17-12-22-20(23-14-7-9-15(10-8-14)30(21,28)29)24-19(17)26(2)16-6-4-3-5-13(16)11-18(25)27/h3-10,12H,11H2,1-2H3,(H2,21,28,29)(H,22,23,24). The quantitative estimate of drug-likeness (QED) is 0.661. The van der Waals surface area contributed by atoms with Crippen LogP contribution in [-0.2, 0) is 21.2 Å². The molecule has 0 saturated carbocycles. The zero-order chi connectivity index (χ0) is 21.5. The van der Waals surface area contributed by atoms with Crippen molar-refractivity contribution in [1.82, 2.24) is 9.97 Å². The van der Waals surface area contributed by atoms with E-state index in [0.29, 0.717) is 23.1 Å². The third-order valence-corrected chi connectivity index (χ3v) is 5.87. The average molecular weight is 424 g/mol. The Hall–Kier alpha value is -3.50. The van der Waals surface area contributed by atoms with Crippen molar-refractivity contribution in [3.63, 3.8) is 0 Å². The van der Waals surface area contributed by atoms with Crippen molar-refractivity contribution < 1.29 is 13.2 Å². The van der Waals surface area contributed by atoms with E-state index < -0.39 is 10.0 Å². The van der Waals surface area contributed by atoms with E-state index in [1.807, 2.05) is 36.2 Å². The number of nitrogens with one attached hydrogen (secondary N) is 1. The van der Waals surface area contributed by atoms with Gasteiger partial charge in [-0.2, -0.15) is 4.98 Å². The molecule has 3 N–H and O–H groups in total. The van der Waals surface area contributed by atoms with Gasteiger partial charge in [0.2, 0.25) is 21.9 Å². The topological polar surface area (TPSA) is 122 Å². The van der Waals surface area contributed by atoms with Gasteiger partial charge in [-0.1, -0.05) is 18.2 Å². The second-order valence-corrected chi connectivity index (χ2v) is 8.48. The molecule has 1 aromatic heterocycles. The van der Waals surface area contributed by atoms with E-state index in [2.05, 4.69) is 15.3 Å². The highest BCUT2D eigenvalue weighted by Gasteiger charge is 2.25. The molecule has 0 bridgehead atoms. The number of nitrogens with zero attached hydrogens (tertiary/aromatic N) is 4. The molecule has 9 nitrogen and oxygen atoms in total. The van der Waals surface area contributed by atoms with E-state index in [4.69, 9.17) is 5.14 Å². The maximum Gasteiger partial charge on any atom is 0.238 e. The lowest BCUT2D eigenvalue weighted by Gasteiger charge is -2.30. The fourth-order valence-corrected chi connectivity index (χ4v) is 3.80. The molecule has 0 aliphatic carbocycles. The highest BCUT2D eigenvalue weighted by Crippen LogP contribution is 2.36. The number of likely N-dealkylation sites (N-methyl/N-ethyl adjacent to an activating group) is 1. The summed E-state index contributed by atoms with van der Waals surface area (Å²) in [5, 5.41) is 8.18. The fourth-order valence-electron chi connectivity index (χ4n) is 3.28. The molecule has 154 valence electrons. The van der Waals surface area contributed by atoms with Gasteiger partial charge < -0.3 is 15.1 Å². The summed E-state index contributed by atoms with van der Waals surface area (Å²) >= 11 is 0. The van der Waals surface area contributed by atoms with Crippen LogP contribution in [0.25, 0.3) is 0 Å². The molecule has 1 amide bonds. The van der Waals surface area contributed by atoms with Crippen LogP contribution in [0.4, 0.5) is 28.8 Å². The minimum Gasteiger partial charge on any atom is -0.327 e. The number of hydrogen-bond donors (Lipinski definition) is 2. The molecular weight excluding hydrogens is 404 g/mol. The summed E-state index contributed by atoms with van der Waals surface area (Å²) in [6.45, 7) is 0. The summed E-state index contributed by atoms with van der Waals surface area (Å²) in [5.74, 6) is 0.819. The Morgan fingerprint density at radius 3 is 2.40 bits per heavy atom. The molecule has 0 atom stereocenters. The van der Waals surface area contributed by atoms with Gasteiger partial charge >= 0.3 is 0 Å². The number of benzene rings is 2. The van der Waals surface area contributed by atoms with Gasteiger partial charge in [-0.15, -0.1) is 0 Å². The van der Waals surface area contributed by atoms with Crippen LogP contribution in [-0.4, -0.2) is 38.4 Å². The Kier molecular flexibility index (Phi) is 4.88. The minimum atomic E-state index is -3.76. The molecule has 30 heavy (non-hydrogen) atoms. The molecule has 0 unspecified atom stereocenters. The predicted molar refractivity (Wildman–Crippen MR) is 115 cm³/mol. The largest absolute Gasteiger partial charge is 0.327 e. The molecule has 10 heteroatoms. The third-order valence-electron chi connectivity index (χ3n) is 4.94. The number of nitrogens with two attached hydrogens (primary N) is 1. The van der Waals surface area contributed by atoms with Gasteiger partial charge in [0.25, 0.3) is 0 Å². The monoisotopic (exact) mass is 424 g/mol. The molecule has 0 fully saturated rings. The third kappa shape index (κ3) is 3.70. The van der Waals surface area contributed by atoms with Gasteiger partial charge in [0.15, 0.2) is 5.82 Å². The normalized spacial score (nSPS) is 13.9. The van der Waals surface area contributed by atoms with Gasteiger partial charge in [0, 0.05) is 25.5 Å². The van der Waals surface area contributed by atoms with E-state index in [1.165, 1.54) is 12.1 Å². The Morgan fingerprint density at radius 1 is 1.00 bits per heavy atom. The summed E-state index contributed by atoms with van der Waals surface area (Å²) in [4.78, 5) is 25.1. The molecule has 0 radical (unpaired) electrons. The summed E-state index contributed by atoms with van der Waals surface area (Å²) in [5.41, 5.74) is 2.99. The maximum absolute atomic E-state index is 12.7. The first kappa shape index (κ1) is 19.8. The number of carbonyl (C=O) groups is 1. The van der Waals surface area contributed by atoms with Crippen LogP contribution in [0.1, 0.15) is 5.56 Å². The zero-order valence-corrected chi connectivity index (χ0v) is 17.2. The zero-order valence-electron chi connectivity index (χ0n) is 16.4. The van der Waals surface area contributed by atoms with Crippen LogP contribution in [0.15, 0.2) is 59.6 Å². The van der Waals surface area contributed by atoms with E-state index in [9.17, 15) is 13.2 Å². The summed E-state index contributed by atoms with van der Waals surface area (Å²) in [7, 11) is -0.175. The number of para-hydroxylation sites is 1. The number of hydrogen-bond acceptors (Lipinski definition) is 7. The molecule has 0 saturated heterocycles. The van der Waals surface area contributed by atoms with E-state index in [1.54, 1.807) is 30.3 Å². The van der Waals surface area contributed by atoms with E-state index in [0.717, 1.165) is 11.3 Å². The Bertz CT molecular complexity index is 1230. The summed E-state index contributed by atoms with van der Waals surface area (Å²) in [6, 6.07) is 13.6. The lowest BCUT2D eigenvalue weighted by atomic mass is 10.1. The maximum atomic E-state index is 12.7. The van der Waals surface area contributed by atoms with Gasteiger partial charge in [-0.05, 0) is 35.9 Å². The van der Waals surface area contributed by atoms with Crippen LogP contribution in [0.3, 0.4) is 0 Å². The second kappa shape index (κ2) is 7.39. The smallest absolute Gasteiger partial charge is 0.238 e. The SMILES string of the molecule is CN1C(=O)Cc2ccccc2N(C)c2nc(Nc3ccc(S(N)(=O)=O)cc3)ncc21. The Labute approximate surface area is 174 Å². The van der Waals surface area contributed by atoms with Crippen molar-refractivity contribution in [2.45, 2.75) is 11.3 Å². The first-order valence-electron chi connectivity index (χ1n) is 9.09. The van der Waals surface area contributed by atoms with Crippen molar-refractivity contribution in [1.29, 1.82) is 0 Å². The number of aromatic nitrogens is 2. The molecule has 2 aromatic carbocycles. The van der Waals surface area contributed by atoms with Crippen LogP contribution >= 0.6 is 0 Å². The van der Waals surface area contributed by atoms with Crippen molar-refractivity contribution in [2.75, 3.05) is 29.2 Å². The lowest BCUT2D eigenvalue weighted by Crippen LogP contribution is -2.32. The van der Waals surface area contributed by atoms with Gasteiger partial charge in [0.05, 0.1) is 17.5 Å². The van der Waals surface area contributed by atoms with E-state index in [-0.39, 0.29) is 17.2 Å². The highest BCUT2D eigenvalue weighted by molar-refractivity contribution is 7.89. The molecule has 4 rings (SSSR count). The number of amides is 1. The number of sulfonamides is 1. The molecule has 2 heterocycles. The van der Waals surface area contributed by atoms with Crippen molar-refractivity contribution >= 4 is 44.8 Å². The molecule has 1 aliphatic heterocycles. The van der Waals surface area contributed by atoms with Gasteiger partial charge in [0.1, 0.15) is 5.69 Å². The minimum absolute atomic E-state index is 0.0172. The number of carbonyl (C=O) groups excluding carboxylic acids is 1. The molecule has 3 aromatic rings. The Balaban J connectivity index is 1.72. The van der Waals surface area contributed by atoms with Crippen LogP contribution < -0.4 is 20.3 Å². The van der Waals surface area contributed by atoms with Gasteiger partial charge in [-0.3, -0.25) is 4.79 Å². The summed E-state index contributed by atoms with van der Waals surface area (Å²) < 4.78 is 22.8. The van der Waals surface area contributed by atoms with Crippen LogP contribution in [0.2, 0.25) is 0 Å². The summed E-state index contributed by atoms with van der Waals surface area (Å²) in [6.07, 6.45) is 1.87. The highest BCUT2D eigenvalue weighted by atomic mass is 32.2. The second-order valence-electron chi connectivity index (χ2n) is 6.91. The number of primary sulfonamides is 1. The van der Waals surface area contributed by atoms with Crippen molar-refractivity contribution in [3.8, 4) is 0 Å². The number of fused-ring (bicyclic) bond motifs is 2. The van der Waals surface area contributed by atoms with Crippen molar-refractivity contribution in [2.24, 2.45) is 5.14 Å². The predicted octanol–water partition coefficient (Wildman–Crippen LogP) is 2.15.